The molecule has 6 nitrogen and oxygen atoms in total. The van der Waals surface area contributed by atoms with E-state index in [4.69, 9.17) is 11.6 Å². The summed E-state index contributed by atoms with van der Waals surface area (Å²) in [5.74, 6) is -1.26. The summed E-state index contributed by atoms with van der Waals surface area (Å²) in [5.41, 5.74) is -0.00672. The van der Waals surface area contributed by atoms with Gasteiger partial charge in [0.05, 0.1) is 5.75 Å². The molecule has 0 bridgehead atoms. The second-order valence-electron chi connectivity index (χ2n) is 8.18. The lowest BCUT2D eigenvalue weighted by Gasteiger charge is -2.31. The summed E-state index contributed by atoms with van der Waals surface area (Å²) >= 11 is 5.97. The van der Waals surface area contributed by atoms with E-state index in [-0.39, 0.29) is 35.5 Å². The van der Waals surface area contributed by atoms with Gasteiger partial charge < -0.3 is 10.2 Å². The van der Waals surface area contributed by atoms with Crippen molar-refractivity contribution in [1.29, 1.82) is 0 Å². The number of carbonyl (C=O) groups is 1. The number of halogens is 2. The van der Waals surface area contributed by atoms with Gasteiger partial charge in [0.1, 0.15) is 5.82 Å². The van der Waals surface area contributed by atoms with Gasteiger partial charge in [0.15, 0.2) is 0 Å². The van der Waals surface area contributed by atoms with E-state index in [0.717, 1.165) is 26.1 Å². The summed E-state index contributed by atoms with van der Waals surface area (Å²) in [6.07, 6.45) is 5.72. The molecule has 30 heavy (non-hydrogen) atoms. The number of likely N-dealkylation sites (tertiary alicyclic amines) is 1. The molecule has 0 radical (unpaired) electrons. The van der Waals surface area contributed by atoms with Crippen LogP contribution in [0.15, 0.2) is 18.2 Å². The first-order valence-electron chi connectivity index (χ1n) is 10.8. The van der Waals surface area contributed by atoms with Crippen molar-refractivity contribution in [2.75, 3.05) is 39.3 Å². The van der Waals surface area contributed by atoms with Crippen molar-refractivity contribution in [2.45, 2.75) is 44.3 Å². The number of nitrogens with one attached hydrogen (secondary N) is 1. The molecule has 9 heteroatoms. The Morgan fingerprint density at radius 2 is 1.83 bits per heavy atom. The summed E-state index contributed by atoms with van der Waals surface area (Å²) in [6.45, 7) is 4.49. The van der Waals surface area contributed by atoms with Crippen molar-refractivity contribution in [1.82, 2.24) is 14.5 Å². The Bertz CT molecular complexity index is 803. The molecule has 1 N–H and O–H groups in total. The van der Waals surface area contributed by atoms with E-state index in [0.29, 0.717) is 19.4 Å². The molecule has 0 atom stereocenters. The zero-order valence-electron chi connectivity index (χ0n) is 17.3. The average molecular weight is 460 g/mol. The maximum atomic E-state index is 14.0. The molecule has 2 fully saturated rings. The normalized spacial score (nSPS) is 19.7. The second-order valence-corrected chi connectivity index (χ2v) is 10.6. The molecule has 2 heterocycles. The minimum Gasteiger partial charge on any atom is -0.356 e. The second kappa shape index (κ2) is 10.9. The lowest BCUT2D eigenvalue weighted by atomic mass is 9.97. The summed E-state index contributed by atoms with van der Waals surface area (Å²) in [6, 6.07) is 4.14. The molecule has 0 unspecified atom stereocenters. The van der Waals surface area contributed by atoms with Crippen molar-refractivity contribution < 1.29 is 17.6 Å². The molecule has 1 aromatic rings. The standard InChI is InChI=1S/C21H31ClFN3O3S/c22-19-6-4-7-20(23)18(19)16-30(28,29)26-14-8-17(9-15-26)21(27)24-10-5-13-25-11-2-1-3-12-25/h4,6-7,17H,1-3,5,8-16H2,(H,24,27). The topological polar surface area (TPSA) is 69.7 Å². The van der Waals surface area contributed by atoms with Crippen LogP contribution in [0.3, 0.4) is 0 Å². The first kappa shape index (κ1) is 23.4. The molecule has 0 aliphatic carbocycles. The number of carbonyl (C=O) groups excluding carboxylic acids is 1. The zero-order chi connectivity index (χ0) is 21.6. The van der Waals surface area contributed by atoms with Crippen LogP contribution in [0.4, 0.5) is 4.39 Å². The summed E-state index contributed by atoms with van der Waals surface area (Å²) in [7, 11) is -3.69. The number of nitrogens with zero attached hydrogens (tertiary/aromatic N) is 2. The number of hydrogen-bond donors (Lipinski definition) is 1. The van der Waals surface area contributed by atoms with Gasteiger partial charge in [-0.25, -0.2) is 17.1 Å². The molecule has 0 saturated carbocycles. The van der Waals surface area contributed by atoms with E-state index < -0.39 is 21.6 Å². The summed E-state index contributed by atoms with van der Waals surface area (Å²) < 4.78 is 40.7. The zero-order valence-corrected chi connectivity index (χ0v) is 18.9. The third-order valence-corrected chi connectivity index (χ3v) is 8.17. The van der Waals surface area contributed by atoms with Gasteiger partial charge in [0, 0.05) is 36.1 Å². The van der Waals surface area contributed by atoms with E-state index in [1.807, 2.05) is 0 Å². The Morgan fingerprint density at radius 3 is 2.50 bits per heavy atom. The summed E-state index contributed by atoms with van der Waals surface area (Å²) in [4.78, 5) is 14.9. The van der Waals surface area contributed by atoms with Gasteiger partial charge in [-0.3, -0.25) is 4.79 Å². The number of amides is 1. The van der Waals surface area contributed by atoms with Gasteiger partial charge in [0.2, 0.25) is 15.9 Å². The highest BCUT2D eigenvalue weighted by Gasteiger charge is 2.32. The third kappa shape index (κ3) is 6.39. The van der Waals surface area contributed by atoms with Crippen LogP contribution in [0.25, 0.3) is 0 Å². The van der Waals surface area contributed by atoms with Crippen LogP contribution >= 0.6 is 11.6 Å². The third-order valence-electron chi connectivity index (χ3n) is 6.01. The molecule has 2 aliphatic rings. The number of sulfonamides is 1. The van der Waals surface area contributed by atoms with Crippen LogP contribution in [0, 0.1) is 11.7 Å². The van der Waals surface area contributed by atoms with E-state index in [9.17, 15) is 17.6 Å². The van der Waals surface area contributed by atoms with E-state index in [1.54, 1.807) is 0 Å². The first-order valence-corrected chi connectivity index (χ1v) is 12.8. The van der Waals surface area contributed by atoms with Crippen LogP contribution in [0.2, 0.25) is 5.02 Å². The maximum absolute atomic E-state index is 14.0. The number of hydrogen-bond acceptors (Lipinski definition) is 4. The Morgan fingerprint density at radius 1 is 1.13 bits per heavy atom. The maximum Gasteiger partial charge on any atom is 0.223 e. The van der Waals surface area contributed by atoms with Crippen LogP contribution in [0.1, 0.15) is 44.1 Å². The number of rotatable bonds is 8. The van der Waals surface area contributed by atoms with Gasteiger partial charge in [-0.1, -0.05) is 24.1 Å². The monoisotopic (exact) mass is 459 g/mol. The van der Waals surface area contributed by atoms with E-state index >= 15 is 0 Å². The summed E-state index contributed by atoms with van der Waals surface area (Å²) in [5, 5.41) is 3.11. The van der Waals surface area contributed by atoms with Crippen molar-refractivity contribution >= 4 is 27.5 Å². The van der Waals surface area contributed by atoms with Crippen molar-refractivity contribution in [3.8, 4) is 0 Å². The van der Waals surface area contributed by atoms with E-state index in [1.165, 1.54) is 41.8 Å². The largest absolute Gasteiger partial charge is 0.356 e. The fourth-order valence-electron chi connectivity index (χ4n) is 4.18. The smallest absolute Gasteiger partial charge is 0.223 e. The SMILES string of the molecule is O=C(NCCCN1CCCCC1)C1CCN(S(=O)(=O)Cc2c(F)cccc2Cl)CC1. The number of benzene rings is 1. The highest BCUT2D eigenvalue weighted by atomic mass is 35.5. The highest BCUT2D eigenvalue weighted by molar-refractivity contribution is 7.88. The highest BCUT2D eigenvalue weighted by Crippen LogP contribution is 2.26. The minimum atomic E-state index is -3.69. The molecule has 1 amide bonds. The minimum absolute atomic E-state index is 0.00263. The van der Waals surface area contributed by atoms with Crippen molar-refractivity contribution in [3.05, 3.63) is 34.6 Å². The average Bonchev–Trinajstić information content (AvgIpc) is 2.75. The molecular formula is C21H31ClFN3O3S. The molecule has 1 aromatic carbocycles. The Balaban J connectivity index is 1.41. The van der Waals surface area contributed by atoms with E-state index in [2.05, 4.69) is 10.2 Å². The van der Waals surface area contributed by atoms with Crippen LogP contribution in [-0.2, 0) is 20.6 Å². The fourth-order valence-corrected chi connectivity index (χ4v) is 6.10. The van der Waals surface area contributed by atoms with Gasteiger partial charge in [-0.2, -0.15) is 0 Å². The molecule has 168 valence electrons. The lowest BCUT2D eigenvalue weighted by Crippen LogP contribution is -2.43. The van der Waals surface area contributed by atoms with Crippen molar-refractivity contribution in [2.24, 2.45) is 5.92 Å². The first-order chi connectivity index (χ1) is 14.4. The van der Waals surface area contributed by atoms with Crippen LogP contribution in [0.5, 0.6) is 0 Å². The lowest BCUT2D eigenvalue weighted by molar-refractivity contribution is -0.126. The predicted molar refractivity (Wildman–Crippen MR) is 116 cm³/mol. The Hall–Kier alpha value is -1.22. The van der Waals surface area contributed by atoms with Gasteiger partial charge in [-0.15, -0.1) is 0 Å². The molecular weight excluding hydrogens is 429 g/mol. The molecule has 0 aromatic heterocycles. The van der Waals surface area contributed by atoms with Crippen molar-refractivity contribution in [3.63, 3.8) is 0 Å². The van der Waals surface area contributed by atoms with Gasteiger partial charge in [-0.05, 0) is 63.9 Å². The molecule has 2 aliphatic heterocycles. The number of piperidine rings is 2. The Labute approximate surface area is 183 Å². The molecule has 0 spiro atoms. The molecule has 2 saturated heterocycles. The van der Waals surface area contributed by atoms with Crippen LogP contribution < -0.4 is 5.32 Å². The Kier molecular flexibility index (Phi) is 8.51. The molecule has 3 rings (SSSR count). The fraction of sp³-hybridized carbons (Fsp3) is 0.667. The van der Waals surface area contributed by atoms with Gasteiger partial charge in [0.25, 0.3) is 0 Å². The van der Waals surface area contributed by atoms with Gasteiger partial charge >= 0.3 is 0 Å². The van der Waals surface area contributed by atoms with Crippen LogP contribution in [-0.4, -0.2) is 62.8 Å². The quantitative estimate of drug-likeness (QED) is 0.607. The predicted octanol–water partition coefficient (Wildman–Crippen LogP) is 3.01.